The minimum atomic E-state index is -0.535. The van der Waals surface area contributed by atoms with Gasteiger partial charge in [-0.3, -0.25) is 18.7 Å². The van der Waals surface area contributed by atoms with Crippen LogP contribution in [0.4, 0.5) is 0 Å². The number of methoxy groups -OCH3 is 1. The van der Waals surface area contributed by atoms with Crippen molar-refractivity contribution in [2.75, 3.05) is 20.3 Å². The summed E-state index contributed by atoms with van der Waals surface area (Å²) in [6.07, 6.45) is 2.66. The van der Waals surface area contributed by atoms with Gasteiger partial charge in [-0.15, -0.1) is 11.3 Å². The van der Waals surface area contributed by atoms with Gasteiger partial charge in [0, 0.05) is 24.1 Å². The lowest BCUT2D eigenvalue weighted by Crippen LogP contribution is -2.53. The summed E-state index contributed by atoms with van der Waals surface area (Å²) in [7, 11) is 1.59. The van der Waals surface area contributed by atoms with E-state index < -0.39 is 11.1 Å². The van der Waals surface area contributed by atoms with E-state index in [1.807, 2.05) is 34.6 Å². The molecule has 0 bridgehead atoms. The fourth-order valence-electron chi connectivity index (χ4n) is 3.98. The number of nitrogens with one attached hydrogen (secondary N) is 1. The summed E-state index contributed by atoms with van der Waals surface area (Å²) in [6.45, 7) is 10.6. The third-order valence-electron chi connectivity index (χ3n) is 5.78. The van der Waals surface area contributed by atoms with E-state index in [1.54, 1.807) is 11.7 Å². The summed E-state index contributed by atoms with van der Waals surface area (Å²) >= 11 is 1.42. The van der Waals surface area contributed by atoms with Gasteiger partial charge in [-0.25, -0.2) is 4.79 Å². The molecule has 1 N–H and O–H groups in total. The third-order valence-corrected chi connectivity index (χ3v) is 7.09. The lowest BCUT2D eigenvalue weighted by Gasteiger charge is -2.39. The Kier molecular flexibility index (Phi) is 6.78. The molecule has 0 aliphatic heterocycles. The number of esters is 1. The molecule has 1 aliphatic rings. The molecule has 1 saturated carbocycles. The summed E-state index contributed by atoms with van der Waals surface area (Å²) in [5.74, 6) is -0.330. The first kappa shape index (κ1) is 23.7. The average molecular weight is 452 g/mol. The van der Waals surface area contributed by atoms with E-state index in [2.05, 4.69) is 5.32 Å². The first-order valence-corrected chi connectivity index (χ1v) is 11.5. The molecule has 3 rings (SSSR count). The molecular formula is C22H33N3O5S. The molecule has 31 heavy (non-hydrogen) atoms. The van der Waals surface area contributed by atoms with Crippen LogP contribution in [0.5, 0.6) is 0 Å². The van der Waals surface area contributed by atoms with Crippen molar-refractivity contribution in [1.82, 2.24) is 14.5 Å². The number of carbonyl (C=O) groups is 1. The van der Waals surface area contributed by atoms with Gasteiger partial charge in [0.15, 0.2) is 0 Å². The van der Waals surface area contributed by atoms with Gasteiger partial charge < -0.3 is 14.8 Å². The first-order valence-electron chi connectivity index (χ1n) is 10.7. The first-order chi connectivity index (χ1) is 14.5. The molecule has 0 saturated heterocycles. The maximum Gasteiger partial charge on any atom is 0.332 e. The summed E-state index contributed by atoms with van der Waals surface area (Å²) in [5, 5.41) is 3.69. The largest absolute Gasteiger partial charge is 0.459 e. The van der Waals surface area contributed by atoms with Gasteiger partial charge in [-0.1, -0.05) is 0 Å². The fourth-order valence-corrected chi connectivity index (χ4v) is 5.27. The van der Waals surface area contributed by atoms with Gasteiger partial charge in [0.1, 0.15) is 10.4 Å². The molecule has 0 spiro atoms. The van der Waals surface area contributed by atoms with E-state index in [1.165, 1.54) is 15.9 Å². The number of ether oxygens (including phenoxy) is 2. The van der Waals surface area contributed by atoms with Crippen LogP contribution in [0.1, 0.15) is 57.4 Å². The zero-order valence-corrected chi connectivity index (χ0v) is 20.1. The van der Waals surface area contributed by atoms with Gasteiger partial charge >= 0.3 is 11.7 Å². The molecule has 8 nitrogen and oxygen atoms in total. The number of thiophene rings is 1. The molecule has 0 atom stereocenters. The molecule has 2 aromatic heterocycles. The molecule has 0 radical (unpaired) electrons. The van der Waals surface area contributed by atoms with Crippen molar-refractivity contribution >= 4 is 27.5 Å². The number of fused-ring (bicyclic) bond motifs is 1. The van der Waals surface area contributed by atoms with Crippen molar-refractivity contribution in [3.8, 4) is 0 Å². The predicted octanol–water partition coefficient (Wildman–Crippen LogP) is 2.51. The van der Waals surface area contributed by atoms with E-state index in [-0.39, 0.29) is 23.8 Å². The van der Waals surface area contributed by atoms with Crippen LogP contribution < -0.4 is 16.6 Å². The van der Waals surface area contributed by atoms with Crippen LogP contribution >= 0.6 is 11.3 Å². The number of aryl methyl sites for hydroxylation is 1. The molecule has 0 unspecified atom stereocenters. The van der Waals surface area contributed by atoms with Crippen LogP contribution in [-0.4, -0.2) is 41.0 Å². The van der Waals surface area contributed by atoms with E-state index in [0.29, 0.717) is 29.9 Å². The number of hydrogen-bond donors (Lipinski definition) is 1. The minimum absolute atomic E-state index is 0.0732. The Morgan fingerprint density at radius 2 is 1.94 bits per heavy atom. The second-order valence-electron chi connectivity index (χ2n) is 9.44. The van der Waals surface area contributed by atoms with Gasteiger partial charge in [0.25, 0.3) is 5.56 Å². The Balaban J connectivity index is 1.98. The molecule has 0 aromatic carbocycles. The SMILES string of the molecule is COCCn1c(=O)n(C2(C)CCC2)c(=O)c2c(C)c(CNCC(=O)OC(C)(C)C)sc21. The zero-order valence-electron chi connectivity index (χ0n) is 19.3. The highest BCUT2D eigenvalue weighted by atomic mass is 32.1. The summed E-state index contributed by atoms with van der Waals surface area (Å²) in [6, 6.07) is 0. The topological polar surface area (TPSA) is 91.6 Å². The van der Waals surface area contributed by atoms with Crippen molar-refractivity contribution < 1.29 is 14.3 Å². The van der Waals surface area contributed by atoms with E-state index in [9.17, 15) is 14.4 Å². The Morgan fingerprint density at radius 1 is 1.26 bits per heavy atom. The lowest BCUT2D eigenvalue weighted by molar-refractivity contribution is -0.153. The second kappa shape index (κ2) is 8.88. The Bertz CT molecular complexity index is 1090. The molecule has 172 valence electrons. The van der Waals surface area contributed by atoms with Crippen LogP contribution in [0.25, 0.3) is 10.2 Å². The monoisotopic (exact) mass is 451 g/mol. The quantitative estimate of drug-likeness (QED) is 0.620. The standard InChI is InChI=1S/C22H33N3O5S/c1-14-15(12-23-13-16(26)30-21(2,3)4)31-19-17(14)18(27)25(22(5)8-7-9-22)20(28)24(19)10-11-29-6/h23H,7-13H2,1-6H3. The molecule has 9 heteroatoms. The highest BCUT2D eigenvalue weighted by Crippen LogP contribution is 2.37. The summed E-state index contributed by atoms with van der Waals surface area (Å²) in [4.78, 5) is 40.3. The number of aromatic nitrogens is 2. The predicted molar refractivity (Wildman–Crippen MR) is 122 cm³/mol. The highest BCUT2D eigenvalue weighted by Gasteiger charge is 2.38. The molecule has 2 aromatic rings. The van der Waals surface area contributed by atoms with Gasteiger partial charge in [-0.2, -0.15) is 0 Å². The van der Waals surface area contributed by atoms with Crippen LogP contribution in [0.2, 0.25) is 0 Å². The van der Waals surface area contributed by atoms with Crippen LogP contribution in [0.3, 0.4) is 0 Å². The van der Waals surface area contributed by atoms with Crippen molar-refractivity contribution in [2.24, 2.45) is 0 Å². The summed E-state index contributed by atoms with van der Waals surface area (Å²) in [5.41, 5.74) is -0.605. The lowest BCUT2D eigenvalue weighted by atomic mass is 9.78. The number of carbonyl (C=O) groups excluding carboxylic acids is 1. The zero-order chi connectivity index (χ0) is 23.0. The highest BCUT2D eigenvalue weighted by molar-refractivity contribution is 7.18. The summed E-state index contributed by atoms with van der Waals surface area (Å²) < 4.78 is 13.6. The van der Waals surface area contributed by atoms with Crippen molar-refractivity contribution in [3.05, 3.63) is 31.3 Å². The van der Waals surface area contributed by atoms with E-state index in [4.69, 9.17) is 9.47 Å². The molecule has 2 heterocycles. The van der Waals surface area contributed by atoms with Gasteiger partial charge in [0.05, 0.1) is 25.1 Å². The van der Waals surface area contributed by atoms with Crippen molar-refractivity contribution in [2.45, 2.75) is 78.1 Å². The van der Waals surface area contributed by atoms with Crippen molar-refractivity contribution in [3.63, 3.8) is 0 Å². The number of rotatable bonds is 8. The minimum Gasteiger partial charge on any atom is -0.459 e. The van der Waals surface area contributed by atoms with Crippen LogP contribution in [-0.2, 0) is 32.9 Å². The normalized spacial score (nSPS) is 15.8. The molecule has 1 fully saturated rings. The van der Waals surface area contributed by atoms with Gasteiger partial charge in [0.2, 0.25) is 0 Å². The van der Waals surface area contributed by atoms with Crippen LogP contribution in [0, 0.1) is 6.92 Å². The van der Waals surface area contributed by atoms with Crippen molar-refractivity contribution in [1.29, 1.82) is 0 Å². The maximum atomic E-state index is 13.4. The number of nitrogens with zero attached hydrogens (tertiary/aromatic N) is 2. The van der Waals surface area contributed by atoms with Gasteiger partial charge in [-0.05, 0) is 59.4 Å². The molecular weight excluding hydrogens is 418 g/mol. The average Bonchev–Trinajstić information content (AvgIpc) is 2.95. The van der Waals surface area contributed by atoms with Crippen LogP contribution in [0.15, 0.2) is 9.59 Å². The fraction of sp³-hybridized carbons (Fsp3) is 0.682. The van der Waals surface area contributed by atoms with E-state index in [0.717, 1.165) is 29.7 Å². The Hall–Kier alpha value is -1.97. The Morgan fingerprint density at radius 3 is 2.48 bits per heavy atom. The molecule has 0 amide bonds. The smallest absolute Gasteiger partial charge is 0.332 e. The number of hydrogen-bond acceptors (Lipinski definition) is 7. The third kappa shape index (κ3) is 4.78. The van der Waals surface area contributed by atoms with E-state index >= 15 is 0 Å². The Labute approximate surface area is 186 Å². The second-order valence-corrected chi connectivity index (χ2v) is 10.5. The molecule has 1 aliphatic carbocycles. The maximum absolute atomic E-state index is 13.4.